The van der Waals surface area contributed by atoms with Gasteiger partial charge in [-0.3, -0.25) is 4.79 Å². The third-order valence-corrected chi connectivity index (χ3v) is 2.50. The third kappa shape index (κ3) is 3.05. The number of hydrogen-bond acceptors (Lipinski definition) is 1. The summed E-state index contributed by atoms with van der Waals surface area (Å²) in [6.45, 7) is 7.78. The molecule has 0 atom stereocenters. The lowest BCUT2D eigenvalue weighted by atomic mass is 9.95. The predicted octanol–water partition coefficient (Wildman–Crippen LogP) is 3.47. The lowest BCUT2D eigenvalue weighted by Crippen LogP contribution is -2.01. The van der Waals surface area contributed by atoms with E-state index in [4.69, 9.17) is 0 Å². The molecule has 1 rings (SSSR count). The molecule has 0 heterocycles. The van der Waals surface area contributed by atoms with Gasteiger partial charge in [0.15, 0.2) is 0 Å². The second-order valence-electron chi connectivity index (χ2n) is 4.01. The van der Waals surface area contributed by atoms with Crippen LogP contribution in [-0.2, 0) is 11.2 Å². The maximum Gasteiger partial charge on any atom is 0.134 e. The second-order valence-corrected chi connectivity index (χ2v) is 4.01. The van der Waals surface area contributed by atoms with Gasteiger partial charge in [-0.15, -0.1) is 0 Å². The first-order valence-electron chi connectivity index (χ1n) is 5.27. The lowest BCUT2D eigenvalue weighted by Gasteiger charge is -2.09. The minimum Gasteiger partial charge on any atom is -0.300 e. The van der Waals surface area contributed by atoms with E-state index in [9.17, 15) is 4.79 Å². The Balaban J connectivity index is 3.14. The fourth-order valence-corrected chi connectivity index (χ4v) is 1.84. The standard InChI is InChI=1S/C14H18O/c1-5-6-13-7-10(2)14(9-12(4)15)11(3)8-13/h5-8H,9H2,1-4H3/b6-5+. The average molecular weight is 202 g/mol. The largest absolute Gasteiger partial charge is 0.300 e. The second kappa shape index (κ2) is 4.92. The molecule has 1 aromatic rings. The molecule has 0 spiro atoms. The van der Waals surface area contributed by atoms with Gasteiger partial charge in [0.05, 0.1) is 0 Å². The Hall–Kier alpha value is -1.37. The molecule has 80 valence electrons. The molecular formula is C14H18O. The molecule has 0 radical (unpaired) electrons. The lowest BCUT2D eigenvalue weighted by molar-refractivity contribution is -0.116. The highest BCUT2D eigenvalue weighted by molar-refractivity contribution is 5.79. The van der Waals surface area contributed by atoms with Crippen molar-refractivity contribution in [3.05, 3.63) is 40.5 Å². The molecule has 0 saturated heterocycles. The van der Waals surface area contributed by atoms with Crippen LogP contribution < -0.4 is 0 Å². The van der Waals surface area contributed by atoms with E-state index in [1.165, 1.54) is 22.3 Å². The molecule has 1 aromatic carbocycles. The summed E-state index contributed by atoms with van der Waals surface area (Å²) in [6.07, 6.45) is 4.66. The van der Waals surface area contributed by atoms with Gasteiger partial charge in [0.2, 0.25) is 0 Å². The van der Waals surface area contributed by atoms with Crippen LogP contribution in [0.3, 0.4) is 0 Å². The highest BCUT2D eigenvalue weighted by Crippen LogP contribution is 2.18. The Morgan fingerprint density at radius 3 is 2.20 bits per heavy atom. The fourth-order valence-electron chi connectivity index (χ4n) is 1.84. The topological polar surface area (TPSA) is 17.1 Å². The molecule has 0 aliphatic rings. The molecule has 0 bridgehead atoms. The molecular weight excluding hydrogens is 184 g/mol. The van der Waals surface area contributed by atoms with E-state index < -0.39 is 0 Å². The van der Waals surface area contributed by atoms with Crippen molar-refractivity contribution >= 4 is 11.9 Å². The SMILES string of the molecule is C/C=C/c1cc(C)c(CC(C)=O)c(C)c1. The van der Waals surface area contributed by atoms with Gasteiger partial charge < -0.3 is 0 Å². The Kier molecular flexibility index (Phi) is 3.84. The molecule has 0 unspecified atom stereocenters. The number of Topliss-reactive ketones (excluding diaryl/α,β-unsaturated/α-hetero) is 1. The summed E-state index contributed by atoms with van der Waals surface area (Å²) >= 11 is 0. The number of hydrogen-bond donors (Lipinski definition) is 0. The number of carbonyl (C=O) groups excluding carboxylic acids is 1. The van der Waals surface area contributed by atoms with Gasteiger partial charge in [0.25, 0.3) is 0 Å². The Morgan fingerprint density at radius 2 is 1.80 bits per heavy atom. The highest BCUT2D eigenvalue weighted by Gasteiger charge is 2.06. The summed E-state index contributed by atoms with van der Waals surface area (Å²) in [7, 11) is 0. The van der Waals surface area contributed by atoms with Crippen molar-refractivity contribution in [1.82, 2.24) is 0 Å². The predicted molar refractivity (Wildman–Crippen MR) is 65.0 cm³/mol. The van der Waals surface area contributed by atoms with Crippen LogP contribution in [0.5, 0.6) is 0 Å². The number of benzene rings is 1. The minimum atomic E-state index is 0.222. The van der Waals surface area contributed by atoms with Crippen LogP contribution in [0.2, 0.25) is 0 Å². The van der Waals surface area contributed by atoms with Gasteiger partial charge >= 0.3 is 0 Å². The van der Waals surface area contributed by atoms with Crippen LogP contribution in [0.15, 0.2) is 18.2 Å². The van der Waals surface area contributed by atoms with Crippen molar-refractivity contribution in [1.29, 1.82) is 0 Å². The summed E-state index contributed by atoms with van der Waals surface area (Å²) in [5, 5.41) is 0. The van der Waals surface area contributed by atoms with Crippen LogP contribution in [0.1, 0.15) is 36.1 Å². The normalized spacial score (nSPS) is 10.9. The quantitative estimate of drug-likeness (QED) is 0.733. The Bertz CT molecular complexity index is 377. The molecule has 0 N–H and O–H groups in total. The number of rotatable bonds is 3. The summed E-state index contributed by atoms with van der Waals surface area (Å²) < 4.78 is 0. The van der Waals surface area contributed by atoms with E-state index in [1.54, 1.807) is 6.92 Å². The van der Waals surface area contributed by atoms with E-state index in [1.807, 2.05) is 13.0 Å². The van der Waals surface area contributed by atoms with Crippen LogP contribution in [0, 0.1) is 13.8 Å². The molecule has 0 fully saturated rings. The number of aryl methyl sites for hydroxylation is 2. The molecule has 0 saturated carbocycles. The zero-order valence-corrected chi connectivity index (χ0v) is 9.92. The molecule has 0 aliphatic carbocycles. The van der Waals surface area contributed by atoms with Crippen molar-refractivity contribution in [2.75, 3.05) is 0 Å². The summed E-state index contributed by atoms with van der Waals surface area (Å²) in [6, 6.07) is 4.26. The van der Waals surface area contributed by atoms with Crippen molar-refractivity contribution in [2.45, 2.75) is 34.1 Å². The zero-order valence-electron chi connectivity index (χ0n) is 9.92. The van der Waals surface area contributed by atoms with Crippen LogP contribution in [-0.4, -0.2) is 5.78 Å². The van der Waals surface area contributed by atoms with Gasteiger partial charge in [-0.2, -0.15) is 0 Å². The van der Waals surface area contributed by atoms with E-state index in [0.29, 0.717) is 6.42 Å². The maximum atomic E-state index is 11.1. The van der Waals surface area contributed by atoms with Gasteiger partial charge in [0.1, 0.15) is 5.78 Å². The molecule has 0 amide bonds. The Morgan fingerprint density at radius 1 is 1.27 bits per heavy atom. The van der Waals surface area contributed by atoms with Crippen LogP contribution in [0.25, 0.3) is 6.08 Å². The fraction of sp³-hybridized carbons (Fsp3) is 0.357. The summed E-state index contributed by atoms with van der Waals surface area (Å²) in [5.41, 5.74) is 4.80. The Labute approximate surface area is 91.8 Å². The van der Waals surface area contributed by atoms with Gasteiger partial charge in [-0.25, -0.2) is 0 Å². The maximum absolute atomic E-state index is 11.1. The van der Waals surface area contributed by atoms with Gasteiger partial charge in [0, 0.05) is 6.42 Å². The average Bonchev–Trinajstić information content (AvgIpc) is 2.11. The zero-order chi connectivity index (χ0) is 11.4. The van der Waals surface area contributed by atoms with Crippen molar-refractivity contribution in [3.8, 4) is 0 Å². The molecule has 0 aromatic heterocycles. The number of allylic oxidation sites excluding steroid dienone is 1. The first-order valence-corrected chi connectivity index (χ1v) is 5.27. The summed E-state index contributed by atoms with van der Waals surface area (Å²) in [5.74, 6) is 0.222. The van der Waals surface area contributed by atoms with Crippen molar-refractivity contribution in [2.24, 2.45) is 0 Å². The number of carbonyl (C=O) groups is 1. The highest BCUT2D eigenvalue weighted by atomic mass is 16.1. The van der Waals surface area contributed by atoms with Crippen molar-refractivity contribution < 1.29 is 4.79 Å². The van der Waals surface area contributed by atoms with Gasteiger partial charge in [-0.05, 0) is 49.9 Å². The van der Waals surface area contributed by atoms with Crippen LogP contribution >= 0.6 is 0 Å². The smallest absolute Gasteiger partial charge is 0.134 e. The van der Waals surface area contributed by atoms with Gasteiger partial charge in [-0.1, -0.05) is 24.3 Å². The third-order valence-electron chi connectivity index (χ3n) is 2.50. The first-order chi connectivity index (χ1) is 7.04. The molecule has 0 aliphatic heterocycles. The summed E-state index contributed by atoms with van der Waals surface area (Å²) in [4.78, 5) is 11.1. The molecule has 1 nitrogen and oxygen atoms in total. The molecule has 15 heavy (non-hydrogen) atoms. The van der Waals surface area contributed by atoms with Crippen LogP contribution in [0.4, 0.5) is 0 Å². The van der Waals surface area contributed by atoms with E-state index in [0.717, 1.165) is 0 Å². The monoisotopic (exact) mass is 202 g/mol. The van der Waals surface area contributed by atoms with E-state index in [-0.39, 0.29) is 5.78 Å². The minimum absolute atomic E-state index is 0.222. The number of ketones is 1. The molecule has 1 heteroatoms. The van der Waals surface area contributed by atoms with Crippen molar-refractivity contribution in [3.63, 3.8) is 0 Å². The first kappa shape index (κ1) is 11.7. The van der Waals surface area contributed by atoms with E-state index in [2.05, 4.69) is 32.1 Å². The van der Waals surface area contributed by atoms with E-state index >= 15 is 0 Å².